The van der Waals surface area contributed by atoms with Crippen molar-refractivity contribution in [3.8, 4) is 0 Å². The van der Waals surface area contributed by atoms with E-state index in [0.717, 1.165) is 49.8 Å². The van der Waals surface area contributed by atoms with Gasteiger partial charge in [-0.1, -0.05) is 43.2 Å². The summed E-state index contributed by atoms with van der Waals surface area (Å²) in [4.78, 5) is 17.5. The average molecular weight is 428 g/mol. The Morgan fingerprint density at radius 1 is 1.10 bits per heavy atom. The Bertz CT molecular complexity index is 984. The number of hydrogen-bond acceptors (Lipinski definition) is 4. The molecule has 2 heterocycles. The molecule has 30 heavy (non-hydrogen) atoms. The van der Waals surface area contributed by atoms with Crippen LogP contribution in [0.3, 0.4) is 0 Å². The number of carbonyl (C=O) groups is 1. The maximum absolute atomic E-state index is 13.0. The Morgan fingerprint density at radius 3 is 2.47 bits per heavy atom. The summed E-state index contributed by atoms with van der Waals surface area (Å²) >= 11 is 0. The maximum atomic E-state index is 13.0. The Balaban J connectivity index is 1.48. The molecule has 2 aliphatic rings. The van der Waals surface area contributed by atoms with Crippen LogP contribution in [-0.2, 0) is 15.6 Å². The van der Waals surface area contributed by atoms with Crippen LogP contribution < -0.4 is 5.32 Å². The first-order chi connectivity index (χ1) is 14.4. The number of piperidine rings is 1. The molecule has 160 valence electrons. The lowest BCUT2D eigenvalue weighted by Crippen LogP contribution is -2.43. The third-order valence-electron chi connectivity index (χ3n) is 6.46. The molecule has 1 unspecified atom stereocenters. The second kappa shape index (κ2) is 8.47. The predicted molar refractivity (Wildman–Crippen MR) is 117 cm³/mol. The molecule has 0 bridgehead atoms. The number of nitrogens with one attached hydrogen (secondary N) is 1. The molecule has 1 saturated carbocycles. The van der Waals surface area contributed by atoms with Crippen LogP contribution in [0.5, 0.6) is 0 Å². The van der Waals surface area contributed by atoms with Crippen LogP contribution in [0.15, 0.2) is 48.7 Å². The fourth-order valence-corrected chi connectivity index (χ4v) is 5.69. The van der Waals surface area contributed by atoms with Crippen LogP contribution in [-0.4, -0.2) is 43.0 Å². The summed E-state index contributed by atoms with van der Waals surface area (Å²) in [6.45, 7) is 1.02. The second-order valence-electron chi connectivity index (χ2n) is 8.54. The minimum absolute atomic E-state index is 0.0658. The maximum Gasteiger partial charge on any atom is 0.253 e. The van der Waals surface area contributed by atoms with E-state index < -0.39 is 10.0 Å². The lowest BCUT2D eigenvalue weighted by molar-refractivity contribution is 0.0897. The summed E-state index contributed by atoms with van der Waals surface area (Å²) in [7, 11) is -3.19. The molecule has 1 amide bonds. The van der Waals surface area contributed by atoms with Gasteiger partial charge in [0, 0.05) is 30.9 Å². The van der Waals surface area contributed by atoms with Crippen molar-refractivity contribution in [1.82, 2.24) is 14.6 Å². The molecule has 0 spiro atoms. The second-order valence-corrected chi connectivity index (χ2v) is 10.5. The lowest BCUT2D eigenvalue weighted by Gasteiger charge is -2.31. The lowest BCUT2D eigenvalue weighted by atomic mass is 9.88. The van der Waals surface area contributed by atoms with Gasteiger partial charge in [-0.2, -0.15) is 0 Å². The van der Waals surface area contributed by atoms with Crippen LogP contribution in [0.2, 0.25) is 0 Å². The summed E-state index contributed by atoms with van der Waals surface area (Å²) in [6.07, 6.45) is 8.69. The van der Waals surface area contributed by atoms with Gasteiger partial charge in [-0.05, 0) is 43.4 Å². The van der Waals surface area contributed by atoms with E-state index in [1.54, 1.807) is 6.20 Å². The molecule has 0 radical (unpaired) electrons. The molecule has 1 saturated heterocycles. The normalized spacial score (nSPS) is 22.0. The molecular weight excluding hydrogens is 398 g/mol. The highest BCUT2D eigenvalue weighted by molar-refractivity contribution is 7.88. The number of nitrogens with zero attached hydrogens (tertiary/aromatic N) is 2. The molecule has 1 aliphatic heterocycles. The number of sulfonamides is 1. The number of pyridine rings is 1. The zero-order valence-electron chi connectivity index (χ0n) is 17.4. The van der Waals surface area contributed by atoms with E-state index >= 15 is 0 Å². The number of hydrogen-bond donors (Lipinski definition) is 1. The molecular formula is C23H29N3O3S. The Hall–Kier alpha value is -2.25. The smallest absolute Gasteiger partial charge is 0.253 e. The number of carbonyl (C=O) groups excluding carboxylic acids is 1. The molecule has 1 aliphatic carbocycles. The van der Waals surface area contributed by atoms with Crippen LogP contribution in [0.4, 0.5) is 0 Å². The van der Waals surface area contributed by atoms with Crippen LogP contribution in [0.1, 0.15) is 66.1 Å². The molecule has 1 aromatic carbocycles. The van der Waals surface area contributed by atoms with E-state index in [4.69, 9.17) is 0 Å². The summed E-state index contributed by atoms with van der Waals surface area (Å²) in [5, 5.41) is 3.28. The van der Waals surface area contributed by atoms with Gasteiger partial charge >= 0.3 is 0 Å². The van der Waals surface area contributed by atoms with Gasteiger partial charge in [0.25, 0.3) is 5.91 Å². The van der Waals surface area contributed by atoms with E-state index in [9.17, 15) is 13.2 Å². The van der Waals surface area contributed by atoms with Gasteiger partial charge in [-0.3, -0.25) is 9.78 Å². The summed E-state index contributed by atoms with van der Waals surface area (Å²) in [5.41, 5.74) is 2.23. The fourth-order valence-electron chi connectivity index (χ4n) is 4.78. The molecule has 2 fully saturated rings. The van der Waals surface area contributed by atoms with Crippen molar-refractivity contribution >= 4 is 15.9 Å². The first-order valence-electron chi connectivity index (χ1n) is 10.7. The Morgan fingerprint density at radius 2 is 1.83 bits per heavy atom. The topological polar surface area (TPSA) is 79.4 Å². The van der Waals surface area contributed by atoms with Crippen molar-refractivity contribution in [3.05, 3.63) is 65.5 Å². The minimum atomic E-state index is -3.19. The summed E-state index contributed by atoms with van der Waals surface area (Å²) in [6, 6.07) is 13.9. The van der Waals surface area contributed by atoms with Gasteiger partial charge in [0.15, 0.2) is 0 Å². The van der Waals surface area contributed by atoms with Gasteiger partial charge in [-0.15, -0.1) is 0 Å². The molecule has 1 atom stereocenters. The van der Waals surface area contributed by atoms with E-state index in [1.807, 2.05) is 30.3 Å². The number of aromatic nitrogens is 1. The van der Waals surface area contributed by atoms with Gasteiger partial charge in [0.1, 0.15) is 0 Å². The van der Waals surface area contributed by atoms with Gasteiger partial charge in [0.2, 0.25) is 10.0 Å². The van der Waals surface area contributed by atoms with Gasteiger partial charge in [-0.25, -0.2) is 12.7 Å². The monoisotopic (exact) mass is 427 g/mol. The first-order valence-corrected chi connectivity index (χ1v) is 12.5. The number of rotatable bonds is 5. The van der Waals surface area contributed by atoms with E-state index in [2.05, 4.69) is 22.4 Å². The zero-order chi connectivity index (χ0) is 21.2. The minimum Gasteiger partial charge on any atom is -0.342 e. The predicted octanol–water partition coefficient (Wildman–Crippen LogP) is 3.42. The molecule has 2 aromatic rings. The third-order valence-corrected chi connectivity index (χ3v) is 7.73. The fraction of sp³-hybridized carbons (Fsp3) is 0.478. The molecule has 6 nitrogen and oxygen atoms in total. The molecule has 1 N–H and O–H groups in total. The summed E-state index contributed by atoms with van der Waals surface area (Å²) in [5.74, 6) is -0.0442. The quantitative estimate of drug-likeness (QED) is 0.793. The van der Waals surface area contributed by atoms with E-state index in [-0.39, 0.29) is 17.4 Å². The number of benzene rings is 1. The SMILES string of the molecule is CS(=O)(=O)N1CCCC(c2ccc(C(=O)NC3(c4ccccc4)CCCC3)cn2)C1. The largest absolute Gasteiger partial charge is 0.342 e. The molecule has 7 heteroatoms. The van der Waals surface area contributed by atoms with Crippen LogP contribution in [0, 0.1) is 0 Å². The van der Waals surface area contributed by atoms with E-state index in [1.165, 1.54) is 10.6 Å². The number of amides is 1. The highest BCUT2D eigenvalue weighted by Crippen LogP contribution is 2.39. The Labute approximate surface area is 178 Å². The first kappa shape index (κ1) is 21.0. The van der Waals surface area contributed by atoms with Crippen molar-refractivity contribution in [2.24, 2.45) is 0 Å². The average Bonchev–Trinajstić information content (AvgIpc) is 3.24. The zero-order valence-corrected chi connectivity index (χ0v) is 18.2. The van der Waals surface area contributed by atoms with Crippen molar-refractivity contribution in [3.63, 3.8) is 0 Å². The standard InChI is InChI=1S/C23H29N3O3S/c1-30(28,29)26-15-7-8-19(17-26)21-12-11-18(16-24-21)22(27)25-23(13-5-6-14-23)20-9-3-2-4-10-20/h2-4,9-12,16,19H,5-8,13-15,17H2,1H3,(H,25,27). The van der Waals surface area contributed by atoms with Gasteiger partial charge in [0.05, 0.1) is 17.4 Å². The van der Waals surface area contributed by atoms with Crippen LogP contribution >= 0.6 is 0 Å². The van der Waals surface area contributed by atoms with Crippen molar-refractivity contribution in [2.75, 3.05) is 19.3 Å². The van der Waals surface area contributed by atoms with Crippen molar-refractivity contribution < 1.29 is 13.2 Å². The molecule has 4 rings (SSSR count). The van der Waals surface area contributed by atoms with E-state index in [0.29, 0.717) is 18.7 Å². The molecule has 1 aromatic heterocycles. The van der Waals surface area contributed by atoms with Crippen LogP contribution in [0.25, 0.3) is 0 Å². The highest BCUT2D eigenvalue weighted by atomic mass is 32.2. The van der Waals surface area contributed by atoms with Gasteiger partial charge < -0.3 is 5.32 Å². The van der Waals surface area contributed by atoms with Crippen molar-refractivity contribution in [1.29, 1.82) is 0 Å². The third kappa shape index (κ3) is 4.42. The summed E-state index contributed by atoms with van der Waals surface area (Å²) < 4.78 is 25.3. The highest BCUT2D eigenvalue weighted by Gasteiger charge is 2.37. The van der Waals surface area contributed by atoms with Crippen molar-refractivity contribution in [2.45, 2.75) is 50.0 Å². The Kier molecular flexibility index (Phi) is 5.93.